The summed E-state index contributed by atoms with van der Waals surface area (Å²) in [4.78, 5) is 37.9. The summed E-state index contributed by atoms with van der Waals surface area (Å²) in [6, 6.07) is 0. The summed E-state index contributed by atoms with van der Waals surface area (Å²) in [6.45, 7) is 6.16. The van der Waals surface area contributed by atoms with Crippen molar-refractivity contribution >= 4 is 17.9 Å². The van der Waals surface area contributed by atoms with Crippen molar-refractivity contribution in [1.82, 2.24) is 0 Å². The Balaban J connectivity index is 4.68. The monoisotopic (exact) mass is 891 g/mol. The molecule has 0 bridgehead atoms. The second-order valence-corrected chi connectivity index (χ2v) is 15.5. The molecule has 0 aromatic carbocycles. The van der Waals surface area contributed by atoms with Crippen molar-refractivity contribution in [2.75, 3.05) is 13.2 Å². The van der Waals surface area contributed by atoms with Gasteiger partial charge in [0.05, 0.1) is 0 Å². The highest BCUT2D eigenvalue weighted by atomic mass is 16.6. The fourth-order valence-corrected chi connectivity index (χ4v) is 5.77. The maximum Gasteiger partial charge on any atom is 0.306 e. The SMILES string of the molecule is CC/C=C/C=C/C=C/C=C/C=C/C=C/CCCCCC(=O)OCC(COC(=O)CCCCC/C=C/C=C/C=C/C=C/CC)OC(=O)CCC/C=C/C/C=C/C/C=C/C/C=C/CCCCC. The van der Waals surface area contributed by atoms with E-state index in [0.717, 1.165) is 77.0 Å². The van der Waals surface area contributed by atoms with Crippen LogP contribution in [0.25, 0.3) is 0 Å². The molecule has 0 aromatic rings. The second-order valence-electron chi connectivity index (χ2n) is 15.5. The van der Waals surface area contributed by atoms with Gasteiger partial charge in [-0.3, -0.25) is 14.4 Å². The van der Waals surface area contributed by atoms with Gasteiger partial charge in [-0.25, -0.2) is 0 Å². The molecule has 0 aromatic heterocycles. The normalized spacial score (nSPS) is 13.6. The highest BCUT2D eigenvalue weighted by Crippen LogP contribution is 2.10. The number of unbranched alkanes of at least 4 members (excludes halogenated alkanes) is 10. The molecule has 6 nitrogen and oxygen atoms in total. The van der Waals surface area contributed by atoms with Crippen LogP contribution in [0.1, 0.15) is 162 Å². The smallest absolute Gasteiger partial charge is 0.306 e. The van der Waals surface area contributed by atoms with Crippen molar-refractivity contribution in [1.29, 1.82) is 0 Å². The quantitative estimate of drug-likeness (QED) is 0.0200. The van der Waals surface area contributed by atoms with Crippen LogP contribution in [0.15, 0.2) is 170 Å². The van der Waals surface area contributed by atoms with Gasteiger partial charge in [0.25, 0.3) is 0 Å². The lowest BCUT2D eigenvalue weighted by Crippen LogP contribution is -2.30. The van der Waals surface area contributed by atoms with Gasteiger partial charge in [0, 0.05) is 19.3 Å². The highest BCUT2D eigenvalue weighted by Gasteiger charge is 2.19. The van der Waals surface area contributed by atoms with E-state index in [1.165, 1.54) is 25.7 Å². The molecule has 0 saturated heterocycles. The standard InChI is InChI=1S/C59H86O6/c1-4-7-10-13-16-19-22-25-27-29-31-34-37-40-43-46-49-52-58(61)64-55-56(54-63-57(60)51-48-45-42-39-36-33-24-21-18-15-12-9-6-3)65-59(62)53-50-47-44-41-38-35-32-30-28-26-23-20-17-14-11-8-5-2/h7,9-10,12-13,15-22,24-29,31-37,41,44,56H,4-6,8,11,14,23,30,38-40,42-43,45-55H2,1-3H3/b10-7+,12-9+,16-13+,18-15+,20-17+,22-19+,24-21+,27-25+,28-26+,31-29+,35-32+,36-33+,37-34+,44-41+. The minimum Gasteiger partial charge on any atom is -0.462 e. The van der Waals surface area contributed by atoms with Crippen LogP contribution in [-0.4, -0.2) is 37.2 Å². The van der Waals surface area contributed by atoms with Crippen LogP contribution in [0.3, 0.4) is 0 Å². The predicted molar refractivity (Wildman–Crippen MR) is 278 cm³/mol. The third-order valence-corrected chi connectivity index (χ3v) is 9.44. The molecule has 0 radical (unpaired) electrons. The Morgan fingerprint density at radius 1 is 0.338 bits per heavy atom. The molecule has 0 rings (SSSR count). The van der Waals surface area contributed by atoms with E-state index >= 15 is 0 Å². The van der Waals surface area contributed by atoms with E-state index in [4.69, 9.17) is 14.2 Å². The molecule has 358 valence electrons. The Labute approximate surface area is 396 Å². The first-order valence-electron chi connectivity index (χ1n) is 24.8. The Hall–Kier alpha value is -5.23. The van der Waals surface area contributed by atoms with Crippen molar-refractivity contribution in [2.24, 2.45) is 0 Å². The van der Waals surface area contributed by atoms with Crippen LogP contribution in [0.5, 0.6) is 0 Å². The first kappa shape index (κ1) is 59.8. The molecule has 0 amide bonds. The average Bonchev–Trinajstić information content (AvgIpc) is 3.30. The van der Waals surface area contributed by atoms with Crippen molar-refractivity contribution in [3.05, 3.63) is 170 Å². The van der Waals surface area contributed by atoms with E-state index in [1.54, 1.807) is 0 Å². The molecule has 0 spiro atoms. The predicted octanol–water partition coefficient (Wildman–Crippen LogP) is 16.4. The summed E-state index contributed by atoms with van der Waals surface area (Å²) in [5, 5.41) is 0. The molecule has 0 fully saturated rings. The summed E-state index contributed by atoms with van der Waals surface area (Å²) < 4.78 is 16.6. The number of carbonyl (C=O) groups excluding carboxylic acids is 3. The fraction of sp³-hybridized carbons (Fsp3) is 0.475. The van der Waals surface area contributed by atoms with Gasteiger partial charge in [-0.15, -0.1) is 0 Å². The molecular weight excluding hydrogens is 805 g/mol. The summed E-state index contributed by atoms with van der Waals surface area (Å²) in [6.07, 6.45) is 76.2. The third kappa shape index (κ3) is 49.6. The van der Waals surface area contributed by atoms with E-state index in [1.807, 2.05) is 97.2 Å². The average molecular weight is 891 g/mol. The number of allylic oxidation sites excluding steroid dienone is 28. The first-order chi connectivity index (χ1) is 32.0. The molecule has 0 heterocycles. The van der Waals surface area contributed by atoms with E-state index in [-0.39, 0.29) is 44.4 Å². The van der Waals surface area contributed by atoms with Crippen LogP contribution in [0, 0.1) is 0 Å². The van der Waals surface area contributed by atoms with E-state index in [9.17, 15) is 14.4 Å². The van der Waals surface area contributed by atoms with Crippen LogP contribution in [-0.2, 0) is 28.6 Å². The molecule has 0 aliphatic carbocycles. The van der Waals surface area contributed by atoms with Crippen LogP contribution in [0.4, 0.5) is 0 Å². The molecule has 6 heteroatoms. The lowest BCUT2D eigenvalue weighted by Gasteiger charge is -2.18. The molecule has 1 unspecified atom stereocenters. The van der Waals surface area contributed by atoms with Crippen LogP contribution < -0.4 is 0 Å². The molecule has 0 aliphatic rings. The molecule has 0 aliphatic heterocycles. The number of hydrogen-bond donors (Lipinski definition) is 0. The van der Waals surface area contributed by atoms with E-state index < -0.39 is 12.1 Å². The topological polar surface area (TPSA) is 78.9 Å². The highest BCUT2D eigenvalue weighted by molar-refractivity contribution is 5.71. The zero-order valence-electron chi connectivity index (χ0n) is 40.7. The lowest BCUT2D eigenvalue weighted by atomic mass is 10.1. The maximum absolute atomic E-state index is 12.8. The fourth-order valence-electron chi connectivity index (χ4n) is 5.77. The van der Waals surface area contributed by atoms with Crippen molar-refractivity contribution < 1.29 is 28.6 Å². The summed E-state index contributed by atoms with van der Waals surface area (Å²) >= 11 is 0. The maximum atomic E-state index is 12.8. The lowest BCUT2D eigenvalue weighted by molar-refractivity contribution is -0.167. The molecule has 65 heavy (non-hydrogen) atoms. The van der Waals surface area contributed by atoms with Gasteiger partial charge in [0.2, 0.25) is 0 Å². The number of carbonyl (C=O) groups is 3. The Morgan fingerprint density at radius 2 is 0.677 bits per heavy atom. The number of hydrogen-bond acceptors (Lipinski definition) is 6. The zero-order chi connectivity index (χ0) is 47.2. The molecular formula is C59H86O6. The van der Waals surface area contributed by atoms with Gasteiger partial charge in [0.15, 0.2) is 6.10 Å². The van der Waals surface area contributed by atoms with Gasteiger partial charge in [-0.1, -0.05) is 217 Å². The van der Waals surface area contributed by atoms with Gasteiger partial charge in [-0.05, 0) is 96.3 Å². The van der Waals surface area contributed by atoms with E-state index in [2.05, 4.69) is 93.7 Å². The first-order valence-corrected chi connectivity index (χ1v) is 24.8. The van der Waals surface area contributed by atoms with Crippen molar-refractivity contribution in [3.8, 4) is 0 Å². The van der Waals surface area contributed by atoms with Gasteiger partial charge >= 0.3 is 17.9 Å². The van der Waals surface area contributed by atoms with E-state index in [0.29, 0.717) is 19.3 Å². The Bertz CT molecular complexity index is 1590. The minimum atomic E-state index is -0.850. The third-order valence-electron chi connectivity index (χ3n) is 9.44. The van der Waals surface area contributed by atoms with Crippen molar-refractivity contribution in [2.45, 2.75) is 168 Å². The Kier molecular flexibility index (Phi) is 47.3. The Morgan fingerprint density at radius 3 is 1.09 bits per heavy atom. The number of esters is 3. The molecule has 0 saturated carbocycles. The number of ether oxygens (including phenoxy) is 3. The van der Waals surface area contributed by atoms with Crippen LogP contribution in [0.2, 0.25) is 0 Å². The molecule has 1 atom stereocenters. The van der Waals surface area contributed by atoms with Gasteiger partial charge < -0.3 is 14.2 Å². The minimum absolute atomic E-state index is 0.145. The van der Waals surface area contributed by atoms with Crippen LogP contribution >= 0.6 is 0 Å². The summed E-state index contributed by atoms with van der Waals surface area (Å²) in [7, 11) is 0. The zero-order valence-corrected chi connectivity index (χ0v) is 40.7. The summed E-state index contributed by atoms with van der Waals surface area (Å²) in [5.41, 5.74) is 0. The van der Waals surface area contributed by atoms with Gasteiger partial charge in [0.1, 0.15) is 13.2 Å². The number of rotatable bonds is 41. The summed E-state index contributed by atoms with van der Waals surface area (Å²) in [5.74, 6) is -1.10. The second kappa shape index (κ2) is 51.4. The van der Waals surface area contributed by atoms with Gasteiger partial charge in [-0.2, -0.15) is 0 Å². The largest absolute Gasteiger partial charge is 0.462 e. The van der Waals surface area contributed by atoms with Crippen molar-refractivity contribution in [3.63, 3.8) is 0 Å². The molecule has 0 N–H and O–H groups in total.